The van der Waals surface area contributed by atoms with Crippen molar-refractivity contribution in [3.05, 3.63) is 52.1 Å². The molecule has 1 aromatic rings. The Bertz CT molecular complexity index is 746. The van der Waals surface area contributed by atoms with Gasteiger partial charge in [-0.05, 0) is 31.2 Å². The molecule has 1 saturated heterocycles. The fourth-order valence-electron chi connectivity index (χ4n) is 3.67. The van der Waals surface area contributed by atoms with Crippen LogP contribution < -0.4 is 0 Å². The summed E-state index contributed by atoms with van der Waals surface area (Å²) in [7, 11) is 0. The number of benzene rings is 1. The molecule has 0 bridgehead atoms. The summed E-state index contributed by atoms with van der Waals surface area (Å²) in [6, 6.07) is 6.07. The van der Waals surface area contributed by atoms with Gasteiger partial charge in [-0.2, -0.15) is 0 Å². The Hall–Kier alpha value is -2.74. The number of aliphatic carboxylic acids is 1. The molecule has 1 heterocycles. The zero-order valence-electron chi connectivity index (χ0n) is 17.1. The Morgan fingerprint density at radius 1 is 1.23 bits per heavy atom. The number of rotatable bonds is 12. The zero-order chi connectivity index (χ0) is 21.9. The summed E-state index contributed by atoms with van der Waals surface area (Å²) < 4.78 is 0. The number of aliphatic hydroxyl groups is 1. The number of nitro benzene ring substituents is 1. The summed E-state index contributed by atoms with van der Waals surface area (Å²) in [4.78, 5) is 35.0. The number of non-ortho nitro benzene ring substituents is 1. The molecule has 0 saturated carbocycles. The first-order valence-electron chi connectivity index (χ1n) is 10.5. The first kappa shape index (κ1) is 23.5. The predicted octanol–water partition coefficient (Wildman–Crippen LogP) is 3.47. The number of carbonyl (C=O) groups excluding carboxylic acids is 1. The van der Waals surface area contributed by atoms with Crippen molar-refractivity contribution in [3.63, 3.8) is 0 Å². The molecule has 30 heavy (non-hydrogen) atoms. The number of unbranched alkanes of at least 4 members (excludes halogenated alkanes) is 3. The van der Waals surface area contributed by atoms with Crippen LogP contribution >= 0.6 is 0 Å². The smallest absolute Gasteiger partial charge is 0.303 e. The second-order valence-electron chi connectivity index (χ2n) is 7.68. The summed E-state index contributed by atoms with van der Waals surface area (Å²) in [5.41, 5.74) is 0.818. The van der Waals surface area contributed by atoms with Crippen LogP contribution in [0.1, 0.15) is 56.9 Å². The van der Waals surface area contributed by atoms with Gasteiger partial charge in [0.25, 0.3) is 5.69 Å². The Labute approximate surface area is 176 Å². The van der Waals surface area contributed by atoms with Crippen molar-refractivity contribution in [3.8, 4) is 0 Å². The summed E-state index contributed by atoms with van der Waals surface area (Å²) >= 11 is 0. The lowest BCUT2D eigenvalue weighted by Gasteiger charge is -2.34. The van der Waals surface area contributed by atoms with E-state index in [1.807, 2.05) is 11.0 Å². The lowest BCUT2D eigenvalue weighted by Crippen LogP contribution is -2.43. The van der Waals surface area contributed by atoms with Crippen LogP contribution in [0.2, 0.25) is 0 Å². The standard InChI is InChI=1S/C22H30N2O6/c25-20(16-17-9-11-19(12-10-17)24(29)30)14-13-18-6-5-7-21(26)23(18)15-4-2-1-3-8-22(27)28/h9-14,18,20,25H,1-8,15-16H2,(H,27,28)/b14-13+/t18-,20?/m1/s1. The third-order valence-electron chi connectivity index (χ3n) is 5.30. The number of carboxylic acid groups (broad SMARTS) is 1. The molecule has 2 N–H and O–H groups in total. The van der Waals surface area contributed by atoms with E-state index in [0.29, 0.717) is 25.8 Å². The first-order valence-corrected chi connectivity index (χ1v) is 10.5. The summed E-state index contributed by atoms with van der Waals surface area (Å²) in [5.74, 6) is -0.662. The van der Waals surface area contributed by atoms with Crippen LogP contribution in [0.4, 0.5) is 5.69 Å². The van der Waals surface area contributed by atoms with E-state index >= 15 is 0 Å². The van der Waals surface area contributed by atoms with Gasteiger partial charge in [0, 0.05) is 37.9 Å². The average molecular weight is 418 g/mol. The number of nitro groups is 1. The van der Waals surface area contributed by atoms with E-state index in [2.05, 4.69) is 0 Å². The van der Waals surface area contributed by atoms with Gasteiger partial charge in [-0.15, -0.1) is 0 Å². The Morgan fingerprint density at radius 3 is 2.60 bits per heavy atom. The van der Waals surface area contributed by atoms with E-state index in [9.17, 15) is 24.8 Å². The number of piperidine rings is 1. The molecule has 0 spiro atoms. The van der Waals surface area contributed by atoms with E-state index in [1.165, 1.54) is 12.1 Å². The molecule has 1 aromatic carbocycles. The van der Waals surface area contributed by atoms with Gasteiger partial charge in [-0.25, -0.2) is 0 Å². The van der Waals surface area contributed by atoms with Gasteiger partial charge < -0.3 is 15.1 Å². The van der Waals surface area contributed by atoms with Gasteiger partial charge in [-0.1, -0.05) is 37.1 Å². The number of hydrogen-bond acceptors (Lipinski definition) is 5. The highest BCUT2D eigenvalue weighted by Crippen LogP contribution is 2.21. The summed E-state index contributed by atoms with van der Waals surface area (Å²) in [6.07, 6.45) is 8.80. The van der Waals surface area contributed by atoms with Crippen LogP contribution in [0.3, 0.4) is 0 Å². The van der Waals surface area contributed by atoms with Gasteiger partial charge in [0.15, 0.2) is 0 Å². The molecule has 1 unspecified atom stereocenters. The topological polar surface area (TPSA) is 121 Å². The number of likely N-dealkylation sites (tertiary alicyclic amines) is 1. The van der Waals surface area contributed by atoms with E-state index < -0.39 is 17.0 Å². The number of aliphatic hydroxyl groups excluding tert-OH is 1. The molecular weight excluding hydrogens is 388 g/mol. The minimum atomic E-state index is -0.779. The van der Waals surface area contributed by atoms with Gasteiger partial charge in [-0.3, -0.25) is 19.7 Å². The van der Waals surface area contributed by atoms with Crippen molar-refractivity contribution in [2.45, 2.75) is 69.9 Å². The highest BCUT2D eigenvalue weighted by Gasteiger charge is 2.25. The SMILES string of the molecule is O=C(O)CCCCCCN1C(=O)CCC[C@@H]1/C=C/C(O)Cc1ccc([N+](=O)[O-])cc1. The first-order chi connectivity index (χ1) is 14.4. The minimum Gasteiger partial charge on any atom is -0.481 e. The van der Waals surface area contributed by atoms with E-state index in [0.717, 1.165) is 37.7 Å². The third kappa shape index (κ3) is 7.94. The van der Waals surface area contributed by atoms with Crippen molar-refractivity contribution < 1.29 is 24.7 Å². The number of carboxylic acids is 1. The molecular formula is C22H30N2O6. The second-order valence-corrected chi connectivity index (χ2v) is 7.68. The Kier molecular flexibility index (Phi) is 9.47. The highest BCUT2D eigenvalue weighted by molar-refractivity contribution is 5.77. The number of nitrogens with zero attached hydrogens (tertiary/aromatic N) is 2. The highest BCUT2D eigenvalue weighted by atomic mass is 16.6. The van der Waals surface area contributed by atoms with Crippen molar-refractivity contribution in [1.29, 1.82) is 0 Å². The maximum atomic E-state index is 12.3. The number of hydrogen-bond donors (Lipinski definition) is 2. The molecule has 1 fully saturated rings. The van der Waals surface area contributed by atoms with Gasteiger partial charge in [0.2, 0.25) is 5.91 Å². The molecule has 1 aliphatic rings. The number of amides is 1. The summed E-state index contributed by atoms with van der Waals surface area (Å²) in [6.45, 7) is 0.638. The van der Waals surface area contributed by atoms with Crippen molar-refractivity contribution in [2.24, 2.45) is 0 Å². The normalized spacial score (nSPS) is 18.0. The fraction of sp³-hybridized carbons (Fsp3) is 0.545. The lowest BCUT2D eigenvalue weighted by atomic mass is 9.99. The maximum Gasteiger partial charge on any atom is 0.303 e. The maximum absolute atomic E-state index is 12.3. The molecule has 0 radical (unpaired) electrons. The third-order valence-corrected chi connectivity index (χ3v) is 5.30. The quantitative estimate of drug-likeness (QED) is 0.232. The molecule has 0 aromatic heterocycles. The largest absolute Gasteiger partial charge is 0.481 e. The van der Waals surface area contributed by atoms with Crippen molar-refractivity contribution in [1.82, 2.24) is 4.90 Å². The Balaban J connectivity index is 1.83. The predicted molar refractivity (Wildman–Crippen MR) is 112 cm³/mol. The van der Waals surface area contributed by atoms with Crippen LogP contribution in [0.5, 0.6) is 0 Å². The summed E-state index contributed by atoms with van der Waals surface area (Å²) in [5, 5.41) is 29.7. The van der Waals surface area contributed by atoms with Gasteiger partial charge in [0.05, 0.1) is 17.1 Å². The minimum absolute atomic E-state index is 0.0168. The van der Waals surface area contributed by atoms with Crippen LogP contribution in [-0.2, 0) is 16.0 Å². The average Bonchev–Trinajstić information content (AvgIpc) is 2.70. The number of carbonyl (C=O) groups is 2. The van der Waals surface area contributed by atoms with Gasteiger partial charge >= 0.3 is 5.97 Å². The van der Waals surface area contributed by atoms with E-state index in [4.69, 9.17) is 5.11 Å². The van der Waals surface area contributed by atoms with Crippen LogP contribution in [0.25, 0.3) is 0 Å². The van der Waals surface area contributed by atoms with Crippen molar-refractivity contribution >= 4 is 17.6 Å². The van der Waals surface area contributed by atoms with Gasteiger partial charge in [0.1, 0.15) is 0 Å². The molecule has 8 nitrogen and oxygen atoms in total. The van der Waals surface area contributed by atoms with E-state index in [-0.39, 0.29) is 24.1 Å². The Morgan fingerprint density at radius 2 is 1.93 bits per heavy atom. The molecule has 1 aliphatic heterocycles. The molecule has 2 rings (SSSR count). The molecule has 1 amide bonds. The molecule has 164 valence electrons. The van der Waals surface area contributed by atoms with Crippen LogP contribution in [0, 0.1) is 10.1 Å². The molecule has 0 aliphatic carbocycles. The van der Waals surface area contributed by atoms with Crippen LogP contribution in [0.15, 0.2) is 36.4 Å². The molecule has 8 heteroatoms. The lowest BCUT2D eigenvalue weighted by molar-refractivity contribution is -0.384. The molecule has 2 atom stereocenters. The van der Waals surface area contributed by atoms with Crippen LogP contribution in [-0.4, -0.2) is 50.6 Å². The van der Waals surface area contributed by atoms with E-state index in [1.54, 1.807) is 18.2 Å². The second kappa shape index (κ2) is 12.1. The zero-order valence-corrected chi connectivity index (χ0v) is 17.1. The fourth-order valence-corrected chi connectivity index (χ4v) is 3.67. The monoisotopic (exact) mass is 418 g/mol. The van der Waals surface area contributed by atoms with Crippen molar-refractivity contribution in [2.75, 3.05) is 6.54 Å².